The third kappa shape index (κ3) is 5.49. The molecule has 0 saturated carbocycles. The molecule has 0 spiro atoms. The quantitative estimate of drug-likeness (QED) is 0.492. The molecule has 0 radical (unpaired) electrons. The maximum Gasteiger partial charge on any atom is 0.387 e. The zero-order valence-corrected chi connectivity index (χ0v) is 16.4. The SMILES string of the molecule is COc1cc(CN(C)CCCc2nc(-c3cccs3)no2)ccc1OC(F)F. The van der Waals surface area contributed by atoms with Crippen molar-refractivity contribution in [3.63, 3.8) is 0 Å². The number of ether oxygens (including phenoxy) is 2. The maximum atomic E-state index is 12.4. The minimum Gasteiger partial charge on any atom is -0.493 e. The van der Waals surface area contributed by atoms with Gasteiger partial charge in [-0.25, -0.2) is 0 Å². The molecular weight excluding hydrogens is 388 g/mol. The molecule has 28 heavy (non-hydrogen) atoms. The fraction of sp³-hybridized carbons (Fsp3) is 0.368. The van der Waals surface area contributed by atoms with E-state index in [1.807, 2.05) is 24.6 Å². The molecule has 3 rings (SSSR count). The monoisotopic (exact) mass is 409 g/mol. The van der Waals surface area contributed by atoms with E-state index >= 15 is 0 Å². The van der Waals surface area contributed by atoms with E-state index in [4.69, 9.17) is 9.26 Å². The molecule has 0 aliphatic heterocycles. The summed E-state index contributed by atoms with van der Waals surface area (Å²) in [4.78, 5) is 7.52. The average Bonchev–Trinajstić information content (AvgIpc) is 3.34. The molecule has 0 N–H and O–H groups in total. The number of hydrogen-bond donors (Lipinski definition) is 0. The second kappa shape index (κ2) is 9.61. The lowest BCUT2D eigenvalue weighted by Gasteiger charge is -2.17. The summed E-state index contributed by atoms with van der Waals surface area (Å²) in [6, 6.07) is 8.87. The Bertz CT molecular complexity index is 871. The van der Waals surface area contributed by atoms with Gasteiger partial charge in [-0.3, -0.25) is 0 Å². The van der Waals surface area contributed by atoms with Crippen LogP contribution in [0.3, 0.4) is 0 Å². The summed E-state index contributed by atoms with van der Waals surface area (Å²) >= 11 is 1.57. The number of aromatic nitrogens is 2. The highest BCUT2D eigenvalue weighted by atomic mass is 32.1. The molecule has 0 fully saturated rings. The Morgan fingerprint density at radius 2 is 2.11 bits per heavy atom. The second-order valence-electron chi connectivity index (χ2n) is 6.19. The number of benzene rings is 1. The van der Waals surface area contributed by atoms with Crippen LogP contribution in [0, 0.1) is 0 Å². The second-order valence-corrected chi connectivity index (χ2v) is 7.14. The molecular formula is C19H21F2N3O3S. The molecule has 0 aliphatic carbocycles. The van der Waals surface area contributed by atoms with Gasteiger partial charge < -0.3 is 18.9 Å². The van der Waals surface area contributed by atoms with E-state index in [1.54, 1.807) is 23.5 Å². The fourth-order valence-corrected chi connectivity index (χ4v) is 3.41. The van der Waals surface area contributed by atoms with E-state index < -0.39 is 6.61 Å². The largest absolute Gasteiger partial charge is 0.493 e. The first-order valence-electron chi connectivity index (χ1n) is 8.72. The van der Waals surface area contributed by atoms with Crippen molar-refractivity contribution < 1.29 is 22.8 Å². The molecule has 2 heterocycles. The first-order valence-corrected chi connectivity index (χ1v) is 9.60. The fourth-order valence-electron chi connectivity index (χ4n) is 2.76. The molecule has 9 heteroatoms. The zero-order valence-electron chi connectivity index (χ0n) is 15.6. The Hall–Kier alpha value is -2.52. The number of rotatable bonds is 10. The van der Waals surface area contributed by atoms with Crippen molar-refractivity contribution in [2.75, 3.05) is 20.7 Å². The zero-order chi connectivity index (χ0) is 19.9. The summed E-state index contributed by atoms with van der Waals surface area (Å²) in [5.74, 6) is 1.56. The molecule has 0 aliphatic rings. The van der Waals surface area contributed by atoms with Gasteiger partial charge in [0.2, 0.25) is 11.7 Å². The smallest absolute Gasteiger partial charge is 0.387 e. The average molecular weight is 409 g/mol. The van der Waals surface area contributed by atoms with Gasteiger partial charge in [-0.05, 0) is 49.2 Å². The van der Waals surface area contributed by atoms with Crippen LogP contribution in [0.25, 0.3) is 10.7 Å². The van der Waals surface area contributed by atoms with Crippen LogP contribution in [0.2, 0.25) is 0 Å². The van der Waals surface area contributed by atoms with Gasteiger partial charge in [0.15, 0.2) is 11.5 Å². The molecule has 2 aromatic heterocycles. The first-order chi connectivity index (χ1) is 13.5. The summed E-state index contributed by atoms with van der Waals surface area (Å²) in [6.07, 6.45) is 1.54. The van der Waals surface area contributed by atoms with E-state index in [-0.39, 0.29) is 11.5 Å². The number of halogens is 2. The maximum absolute atomic E-state index is 12.4. The summed E-state index contributed by atoms with van der Waals surface area (Å²) in [6.45, 7) is -1.42. The summed E-state index contributed by atoms with van der Waals surface area (Å²) in [7, 11) is 3.41. The summed E-state index contributed by atoms with van der Waals surface area (Å²) in [5, 5.41) is 5.98. The van der Waals surface area contributed by atoms with Gasteiger partial charge >= 0.3 is 6.61 Å². The van der Waals surface area contributed by atoms with E-state index in [2.05, 4.69) is 19.8 Å². The van der Waals surface area contributed by atoms with Gasteiger partial charge in [0.05, 0.1) is 12.0 Å². The molecule has 3 aromatic rings. The van der Waals surface area contributed by atoms with Crippen molar-refractivity contribution in [3.8, 4) is 22.2 Å². The molecule has 150 valence electrons. The minimum atomic E-state index is -2.88. The highest BCUT2D eigenvalue weighted by Crippen LogP contribution is 2.29. The van der Waals surface area contributed by atoms with E-state index in [0.717, 1.165) is 23.4 Å². The highest BCUT2D eigenvalue weighted by Gasteiger charge is 2.13. The van der Waals surface area contributed by atoms with Crippen molar-refractivity contribution in [3.05, 3.63) is 47.2 Å². The minimum absolute atomic E-state index is 0.0295. The number of alkyl halides is 2. The van der Waals surface area contributed by atoms with Crippen LogP contribution in [0.15, 0.2) is 40.2 Å². The Kier molecular flexibility index (Phi) is 6.94. The summed E-state index contributed by atoms with van der Waals surface area (Å²) < 4.78 is 39.7. The topological polar surface area (TPSA) is 60.6 Å². The Morgan fingerprint density at radius 1 is 1.25 bits per heavy atom. The number of aryl methyl sites for hydroxylation is 1. The van der Waals surface area contributed by atoms with Crippen LogP contribution >= 0.6 is 11.3 Å². The normalized spacial score (nSPS) is 11.4. The molecule has 0 unspecified atom stereocenters. The third-order valence-electron chi connectivity index (χ3n) is 4.04. The van der Waals surface area contributed by atoms with Crippen LogP contribution < -0.4 is 9.47 Å². The lowest BCUT2D eigenvalue weighted by atomic mass is 10.2. The van der Waals surface area contributed by atoms with E-state index in [0.29, 0.717) is 24.7 Å². The predicted molar refractivity (Wildman–Crippen MR) is 102 cm³/mol. The van der Waals surface area contributed by atoms with Crippen LogP contribution in [0.5, 0.6) is 11.5 Å². The van der Waals surface area contributed by atoms with Gasteiger partial charge in [-0.2, -0.15) is 13.8 Å². The van der Waals surface area contributed by atoms with E-state index in [9.17, 15) is 8.78 Å². The van der Waals surface area contributed by atoms with Gasteiger partial charge in [-0.15, -0.1) is 11.3 Å². The Morgan fingerprint density at radius 3 is 2.82 bits per heavy atom. The van der Waals surface area contributed by atoms with Crippen molar-refractivity contribution in [1.82, 2.24) is 15.0 Å². The van der Waals surface area contributed by atoms with Crippen LogP contribution in [-0.4, -0.2) is 42.4 Å². The first kappa shape index (κ1) is 20.2. The Balaban J connectivity index is 1.48. The molecule has 0 bridgehead atoms. The predicted octanol–water partition coefficient (Wildman–Crippen LogP) is 4.47. The molecule has 1 aromatic carbocycles. The molecule has 0 saturated heterocycles. The van der Waals surface area contributed by atoms with Crippen LogP contribution in [0.4, 0.5) is 8.78 Å². The van der Waals surface area contributed by atoms with Crippen LogP contribution in [-0.2, 0) is 13.0 Å². The lowest BCUT2D eigenvalue weighted by Crippen LogP contribution is -2.19. The number of thiophene rings is 1. The summed E-state index contributed by atoms with van der Waals surface area (Å²) in [5.41, 5.74) is 0.943. The van der Waals surface area contributed by atoms with Gasteiger partial charge in [0.25, 0.3) is 0 Å². The van der Waals surface area contributed by atoms with E-state index in [1.165, 1.54) is 13.2 Å². The van der Waals surface area contributed by atoms with Gasteiger partial charge in [0, 0.05) is 13.0 Å². The van der Waals surface area contributed by atoms with Gasteiger partial charge in [0.1, 0.15) is 0 Å². The van der Waals surface area contributed by atoms with Gasteiger partial charge in [-0.1, -0.05) is 17.3 Å². The van der Waals surface area contributed by atoms with Crippen molar-refractivity contribution in [2.24, 2.45) is 0 Å². The molecule has 0 atom stereocenters. The van der Waals surface area contributed by atoms with Crippen LogP contribution in [0.1, 0.15) is 17.9 Å². The number of nitrogens with zero attached hydrogens (tertiary/aromatic N) is 3. The lowest BCUT2D eigenvalue weighted by molar-refractivity contribution is -0.0512. The molecule has 6 nitrogen and oxygen atoms in total. The standard InChI is InChI=1S/C19H21F2N3O3S/c1-24(12-13-7-8-14(26-19(20)21)15(11-13)25-2)9-3-6-17-22-18(23-27-17)16-5-4-10-28-16/h4-5,7-8,10-11,19H,3,6,9,12H2,1-2H3. The third-order valence-corrected chi connectivity index (χ3v) is 4.90. The van der Waals surface area contributed by atoms with Crippen molar-refractivity contribution >= 4 is 11.3 Å². The molecule has 0 amide bonds. The van der Waals surface area contributed by atoms with Crippen molar-refractivity contribution in [2.45, 2.75) is 26.0 Å². The van der Waals surface area contributed by atoms with Crippen molar-refractivity contribution in [1.29, 1.82) is 0 Å². The number of hydrogen-bond acceptors (Lipinski definition) is 7. The Labute approximate surface area is 165 Å². The highest BCUT2D eigenvalue weighted by molar-refractivity contribution is 7.13. The number of methoxy groups -OCH3 is 1.